The predicted molar refractivity (Wildman–Crippen MR) is 99.4 cm³/mol. The van der Waals surface area contributed by atoms with Gasteiger partial charge in [-0.05, 0) is 42.7 Å². The van der Waals surface area contributed by atoms with Crippen LogP contribution in [0.1, 0.15) is 28.8 Å². The first kappa shape index (κ1) is 18.3. The smallest absolute Gasteiger partial charge is 0.254 e. The number of hydrazone groups is 1. The first-order valence-electron chi connectivity index (χ1n) is 9.13. The molecule has 0 atom stereocenters. The third-order valence-corrected chi connectivity index (χ3v) is 5.32. The summed E-state index contributed by atoms with van der Waals surface area (Å²) in [6.07, 6.45) is 2.57. The zero-order valence-corrected chi connectivity index (χ0v) is 15.1. The highest BCUT2D eigenvalue weighted by Gasteiger charge is 2.47. The Morgan fingerprint density at radius 2 is 1.68 bits per heavy atom. The Morgan fingerprint density at radius 3 is 2.32 bits per heavy atom. The molecular weight excluding hydrogens is 364 g/mol. The fourth-order valence-electron chi connectivity index (χ4n) is 3.75. The highest BCUT2D eigenvalue weighted by atomic mass is 19.1. The summed E-state index contributed by atoms with van der Waals surface area (Å²) in [4.78, 5) is 27.2. The summed E-state index contributed by atoms with van der Waals surface area (Å²) in [5, 5.41) is 5.44. The van der Waals surface area contributed by atoms with Crippen LogP contribution in [0.15, 0.2) is 53.6 Å². The lowest BCUT2D eigenvalue weighted by Gasteiger charge is -2.36. The maximum Gasteiger partial charge on any atom is 0.254 e. The van der Waals surface area contributed by atoms with Crippen LogP contribution in [0.25, 0.3) is 0 Å². The van der Waals surface area contributed by atoms with Crippen LogP contribution in [-0.4, -0.2) is 41.0 Å². The monoisotopic (exact) mass is 383 g/mol. The molecule has 0 aliphatic carbocycles. The zero-order chi connectivity index (χ0) is 19.7. The van der Waals surface area contributed by atoms with Crippen molar-refractivity contribution in [1.29, 1.82) is 0 Å². The number of hydrogen-bond donors (Lipinski definition) is 0. The molecule has 4 rings (SSSR count). The molecule has 0 bridgehead atoms. The third-order valence-electron chi connectivity index (χ3n) is 5.32. The number of nitrogens with zero attached hydrogens (tertiary/aromatic N) is 3. The van der Waals surface area contributed by atoms with Gasteiger partial charge in [0.05, 0.1) is 12.0 Å². The highest BCUT2D eigenvalue weighted by molar-refractivity contribution is 6.02. The van der Waals surface area contributed by atoms with E-state index in [9.17, 15) is 18.4 Å². The Balaban J connectivity index is 1.41. The van der Waals surface area contributed by atoms with E-state index in [4.69, 9.17) is 0 Å². The molecule has 2 aliphatic rings. The van der Waals surface area contributed by atoms with E-state index in [-0.39, 0.29) is 18.4 Å². The zero-order valence-electron chi connectivity index (χ0n) is 15.1. The first-order chi connectivity index (χ1) is 13.5. The van der Waals surface area contributed by atoms with Gasteiger partial charge < -0.3 is 4.90 Å². The molecule has 0 N–H and O–H groups in total. The summed E-state index contributed by atoms with van der Waals surface area (Å²) >= 11 is 0. The van der Waals surface area contributed by atoms with Gasteiger partial charge in [0.25, 0.3) is 11.8 Å². The number of rotatable bonds is 3. The van der Waals surface area contributed by atoms with Gasteiger partial charge in [0.2, 0.25) is 0 Å². The molecule has 7 heteroatoms. The summed E-state index contributed by atoms with van der Waals surface area (Å²) in [5.41, 5.74) is 0.218. The summed E-state index contributed by atoms with van der Waals surface area (Å²) in [6.45, 7) is 0.917. The van der Waals surface area contributed by atoms with E-state index in [0.717, 1.165) is 6.07 Å². The normalized spacial score (nSPS) is 18.1. The van der Waals surface area contributed by atoms with Crippen molar-refractivity contribution in [2.45, 2.75) is 19.4 Å². The van der Waals surface area contributed by atoms with Crippen molar-refractivity contribution in [1.82, 2.24) is 9.91 Å². The lowest BCUT2D eigenvalue weighted by atomic mass is 9.79. The topological polar surface area (TPSA) is 53.0 Å². The van der Waals surface area contributed by atoms with Crippen LogP contribution in [0.2, 0.25) is 0 Å². The molecule has 0 saturated carbocycles. The van der Waals surface area contributed by atoms with Gasteiger partial charge in [0, 0.05) is 30.9 Å². The molecule has 2 heterocycles. The van der Waals surface area contributed by atoms with Gasteiger partial charge in [-0.2, -0.15) is 5.10 Å². The second kappa shape index (κ2) is 7.14. The number of piperidine rings is 1. The minimum Gasteiger partial charge on any atom is -0.339 e. The first-order valence-corrected chi connectivity index (χ1v) is 9.13. The maximum atomic E-state index is 13.4. The molecule has 2 amide bonds. The van der Waals surface area contributed by atoms with E-state index in [1.54, 1.807) is 23.2 Å². The van der Waals surface area contributed by atoms with Crippen LogP contribution in [0.3, 0.4) is 0 Å². The minimum atomic E-state index is -0.751. The van der Waals surface area contributed by atoms with E-state index in [0.29, 0.717) is 37.1 Å². The SMILES string of the molecule is O=C(c1ccccc1)N1CCC2(C=NN(Cc3cc(F)cc(F)c3)C2=O)CC1. The van der Waals surface area contributed by atoms with Crippen LogP contribution in [0.4, 0.5) is 8.78 Å². The standard InChI is InChI=1S/C21H19F2N3O2/c22-17-10-15(11-18(23)12-17)13-26-20(28)21(14-24-26)6-8-25(9-7-21)19(27)16-4-2-1-3-5-16/h1-5,10-12,14H,6-9,13H2. The maximum absolute atomic E-state index is 13.4. The largest absolute Gasteiger partial charge is 0.339 e. The molecule has 0 unspecified atom stereocenters. The van der Waals surface area contributed by atoms with E-state index >= 15 is 0 Å². The molecule has 0 radical (unpaired) electrons. The summed E-state index contributed by atoms with van der Waals surface area (Å²) < 4.78 is 26.8. The van der Waals surface area contributed by atoms with Crippen LogP contribution >= 0.6 is 0 Å². The number of benzene rings is 2. The van der Waals surface area contributed by atoms with E-state index in [1.165, 1.54) is 17.1 Å². The number of carbonyl (C=O) groups excluding carboxylic acids is 2. The molecule has 0 aromatic heterocycles. The van der Waals surface area contributed by atoms with Gasteiger partial charge >= 0.3 is 0 Å². The molecule has 1 fully saturated rings. The summed E-state index contributed by atoms with van der Waals surface area (Å²) in [7, 11) is 0. The van der Waals surface area contributed by atoms with Gasteiger partial charge in [0.1, 0.15) is 11.6 Å². The van der Waals surface area contributed by atoms with Crippen molar-refractivity contribution in [2.24, 2.45) is 10.5 Å². The lowest BCUT2D eigenvalue weighted by molar-refractivity contribution is -0.138. The van der Waals surface area contributed by atoms with Crippen molar-refractivity contribution in [3.05, 3.63) is 71.3 Å². The van der Waals surface area contributed by atoms with Gasteiger partial charge in [-0.15, -0.1) is 0 Å². The van der Waals surface area contributed by atoms with Crippen molar-refractivity contribution in [3.63, 3.8) is 0 Å². The summed E-state index contributed by atoms with van der Waals surface area (Å²) in [5.74, 6) is -1.62. The van der Waals surface area contributed by atoms with Gasteiger partial charge in [-0.1, -0.05) is 18.2 Å². The Labute approximate surface area is 161 Å². The number of halogens is 2. The van der Waals surface area contributed by atoms with Crippen molar-refractivity contribution >= 4 is 18.0 Å². The van der Waals surface area contributed by atoms with Crippen LogP contribution in [0, 0.1) is 17.0 Å². The van der Waals surface area contributed by atoms with Gasteiger partial charge in [0.15, 0.2) is 0 Å². The third kappa shape index (κ3) is 3.40. The average Bonchev–Trinajstić information content (AvgIpc) is 2.98. The number of carbonyl (C=O) groups is 2. The van der Waals surface area contributed by atoms with E-state index < -0.39 is 17.0 Å². The molecule has 1 saturated heterocycles. The summed E-state index contributed by atoms with van der Waals surface area (Å²) in [6, 6.07) is 12.2. The predicted octanol–water partition coefficient (Wildman–Crippen LogP) is 3.22. The Morgan fingerprint density at radius 1 is 1.04 bits per heavy atom. The van der Waals surface area contributed by atoms with Crippen LogP contribution in [-0.2, 0) is 11.3 Å². The van der Waals surface area contributed by atoms with E-state index in [1.807, 2.05) is 18.2 Å². The fourth-order valence-corrected chi connectivity index (χ4v) is 3.75. The van der Waals surface area contributed by atoms with Crippen LogP contribution in [0.5, 0.6) is 0 Å². The van der Waals surface area contributed by atoms with Gasteiger partial charge in [-0.3, -0.25) is 9.59 Å². The minimum absolute atomic E-state index is 0.0123. The molecule has 1 spiro atoms. The van der Waals surface area contributed by atoms with Crippen molar-refractivity contribution in [2.75, 3.05) is 13.1 Å². The molecule has 2 aromatic rings. The lowest BCUT2D eigenvalue weighted by Crippen LogP contribution is -2.48. The number of likely N-dealkylation sites (tertiary alicyclic amines) is 1. The Kier molecular flexibility index (Phi) is 4.66. The molecule has 2 aromatic carbocycles. The second-order valence-corrected chi connectivity index (χ2v) is 7.20. The van der Waals surface area contributed by atoms with Gasteiger partial charge in [-0.25, -0.2) is 13.8 Å². The molecule has 28 heavy (non-hydrogen) atoms. The molecule has 2 aliphatic heterocycles. The van der Waals surface area contributed by atoms with Crippen molar-refractivity contribution < 1.29 is 18.4 Å². The Bertz CT molecular complexity index is 918. The quantitative estimate of drug-likeness (QED) is 0.817. The number of amides is 2. The average molecular weight is 383 g/mol. The fraction of sp³-hybridized carbons (Fsp3) is 0.286. The Hall–Kier alpha value is -3.09. The van der Waals surface area contributed by atoms with Crippen molar-refractivity contribution in [3.8, 4) is 0 Å². The molecule has 5 nitrogen and oxygen atoms in total. The molecular formula is C21H19F2N3O2. The van der Waals surface area contributed by atoms with E-state index in [2.05, 4.69) is 5.10 Å². The highest BCUT2D eigenvalue weighted by Crippen LogP contribution is 2.36. The molecule has 144 valence electrons. The number of hydrogen-bond acceptors (Lipinski definition) is 3. The second-order valence-electron chi connectivity index (χ2n) is 7.20. The van der Waals surface area contributed by atoms with Crippen LogP contribution < -0.4 is 0 Å².